The number of carbonyl (C=O) groups excluding carboxylic acids is 3. The SMILES string of the molecule is C#CCCCC(=O)N1CCC(C)(CNC(=O)C2(C(N)=O)CCC2)CC1. The molecule has 0 bridgehead atoms. The molecular formula is C19H29N3O3. The van der Waals surface area contributed by atoms with Crippen LogP contribution < -0.4 is 11.1 Å². The minimum Gasteiger partial charge on any atom is -0.369 e. The first kappa shape index (κ1) is 19.3. The number of nitrogens with two attached hydrogens (primary N) is 1. The number of nitrogens with zero attached hydrogens (tertiary/aromatic N) is 1. The van der Waals surface area contributed by atoms with Gasteiger partial charge in [0, 0.05) is 32.5 Å². The largest absolute Gasteiger partial charge is 0.369 e. The molecule has 0 unspecified atom stereocenters. The lowest BCUT2D eigenvalue weighted by Crippen LogP contribution is -2.56. The highest BCUT2D eigenvalue weighted by Crippen LogP contribution is 2.41. The van der Waals surface area contributed by atoms with Gasteiger partial charge in [-0.1, -0.05) is 13.3 Å². The highest BCUT2D eigenvalue weighted by atomic mass is 16.2. The smallest absolute Gasteiger partial charge is 0.235 e. The van der Waals surface area contributed by atoms with E-state index in [1.807, 2.05) is 4.90 Å². The number of carbonyl (C=O) groups is 3. The van der Waals surface area contributed by atoms with Crippen LogP contribution in [0.4, 0.5) is 0 Å². The second kappa shape index (κ2) is 7.90. The monoisotopic (exact) mass is 347 g/mol. The Labute approximate surface area is 149 Å². The van der Waals surface area contributed by atoms with Gasteiger partial charge in [0.1, 0.15) is 5.41 Å². The van der Waals surface area contributed by atoms with Crippen molar-refractivity contribution < 1.29 is 14.4 Å². The number of unbranched alkanes of at least 4 members (excludes halogenated alkanes) is 1. The van der Waals surface area contributed by atoms with Crippen LogP contribution in [-0.2, 0) is 14.4 Å². The first-order chi connectivity index (χ1) is 11.8. The fourth-order valence-electron chi connectivity index (χ4n) is 3.55. The van der Waals surface area contributed by atoms with Gasteiger partial charge in [-0.3, -0.25) is 14.4 Å². The molecule has 6 heteroatoms. The van der Waals surface area contributed by atoms with E-state index >= 15 is 0 Å². The van der Waals surface area contributed by atoms with Crippen molar-refractivity contribution in [2.75, 3.05) is 19.6 Å². The van der Waals surface area contributed by atoms with Crippen molar-refractivity contribution in [2.45, 2.75) is 58.3 Å². The van der Waals surface area contributed by atoms with E-state index in [-0.39, 0.29) is 17.2 Å². The molecule has 1 saturated heterocycles. The second-order valence-corrected chi connectivity index (χ2v) is 7.73. The molecule has 2 rings (SSSR count). The van der Waals surface area contributed by atoms with Crippen LogP contribution in [0.2, 0.25) is 0 Å². The van der Waals surface area contributed by atoms with E-state index in [2.05, 4.69) is 18.2 Å². The zero-order valence-electron chi connectivity index (χ0n) is 15.1. The number of amides is 3. The molecular weight excluding hydrogens is 318 g/mol. The van der Waals surface area contributed by atoms with Gasteiger partial charge in [0.25, 0.3) is 0 Å². The standard InChI is InChI=1S/C19H29N3O3/c1-3-4-5-7-15(23)22-12-10-18(2,11-13-22)14-21-17(25)19(16(20)24)8-6-9-19/h1H,4-14H2,2H3,(H2,20,24)(H,21,25). The van der Waals surface area contributed by atoms with E-state index in [1.54, 1.807) is 0 Å². The number of hydrogen-bond acceptors (Lipinski definition) is 3. The summed E-state index contributed by atoms with van der Waals surface area (Å²) in [5.74, 6) is 1.95. The molecule has 1 heterocycles. The van der Waals surface area contributed by atoms with E-state index in [0.29, 0.717) is 45.3 Å². The Bertz CT molecular complexity index is 567. The fraction of sp³-hybridized carbons (Fsp3) is 0.737. The van der Waals surface area contributed by atoms with Crippen molar-refractivity contribution in [3.05, 3.63) is 0 Å². The van der Waals surface area contributed by atoms with Crippen molar-refractivity contribution in [2.24, 2.45) is 16.6 Å². The number of primary amides is 1. The highest BCUT2D eigenvalue weighted by Gasteiger charge is 2.49. The summed E-state index contributed by atoms with van der Waals surface area (Å²) in [7, 11) is 0. The van der Waals surface area contributed by atoms with E-state index in [0.717, 1.165) is 25.7 Å². The van der Waals surface area contributed by atoms with Crippen molar-refractivity contribution in [3.63, 3.8) is 0 Å². The summed E-state index contributed by atoms with van der Waals surface area (Å²) < 4.78 is 0. The van der Waals surface area contributed by atoms with E-state index < -0.39 is 11.3 Å². The van der Waals surface area contributed by atoms with Gasteiger partial charge in [-0.2, -0.15) is 0 Å². The Hall–Kier alpha value is -2.03. The van der Waals surface area contributed by atoms with Gasteiger partial charge in [-0.25, -0.2) is 0 Å². The molecule has 0 spiro atoms. The second-order valence-electron chi connectivity index (χ2n) is 7.73. The predicted octanol–water partition coefficient (Wildman–Crippen LogP) is 1.19. The molecule has 1 aliphatic heterocycles. The third-order valence-electron chi connectivity index (χ3n) is 5.82. The van der Waals surface area contributed by atoms with Crippen LogP contribution in [0.3, 0.4) is 0 Å². The number of nitrogens with one attached hydrogen (secondary N) is 1. The molecule has 138 valence electrons. The first-order valence-electron chi connectivity index (χ1n) is 9.12. The molecule has 0 radical (unpaired) electrons. The van der Waals surface area contributed by atoms with Gasteiger partial charge < -0.3 is 16.0 Å². The molecule has 0 aromatic carbocycles. The lowest BCUT2D eigenvalue weighted by molar-refractivity contribution is -0.148. The zero-order valence-corrected chi connectivity index (χ0v) is 15.1. The van der Waals surface area contributed by atoms with Gasteiger partial charge in [0.2, 0.25) is 17.7 Å². The van der Waals surface area contributed by atoms with Crippen molar-refractivity contribution >= 4 is 17.7 Å². The van der Waals surface area contributed by atoms with Gasteiger partial charge in [0.15, 0.2) is 0 Å². The van der Waals surface area contributed by atoms with Gasteiger partial charge in [-0.15, -0.1) is 12.3 Å². The number of likely N-dealkylation sites (tertiary alicyclic amines) is 1. The predicted molar refractivity (Wildman–Crippen MR) is 95.1 cm³/mol. The first-order valence-corrected chi connectivity index (χ1v) is 9.12. The number of piperidine rings is 1. The van der Waals surface area contributed by atoms with Crippen LogP contribution in [0.5, 0.6) is 0 Å². The van der Waals surface area contributed by atoms with Crippen LogP contribution >= 0.6 is 0 Å². The van der Waals surface area contributed by atoms with Crippen molar-refractivity contribution in [1.82, 2.24) is 10.2 Å². The van der Waals surface area contributed by atoms with E-state index in [4.69, 9.17) is 12.2 Å². The van der Waals surface area contributed by atoms with Crippen LogP contribution in [0, 0.1) is 23.2 Å². The fourth-order valence-corrected chi connectivity index (χ4v) is 3.55. The molecule has 25 heavy (non-hydrogen) atoms. The topological polar surface area (TPSA) is 92.5 Å². The average Bonchev–Trinajstić information content (AvgIpc) is 2.52. The Morgan fingerprint density at radius 2 is 1.84 bits per heavy atom. The Balaban J connectivity index is 1.79. The quantitative estimate of drug-likeness (QED) is 0.412. The Morgan fingerprint density at radius 3 is 2.32 bits per heavy atom. The summed E-state index contributed by atoms with van der Waals surface area (Å²) in [6, 6.07) is 0. The van der Waals surface area contributed by atoms with E-state index in [9.17, 15) is 14.4 Å². The normalized spacial score (nSPS) is 20.9. The van der Waals surface area contributed by atoms with Crippen molar-refractivity contribution in [3.8, 4) is 12.3 Å². The number of rotatable bonds is 7. The molecule has 1 saturated carbocycles. The molecule has 2 aliphatic rings. The third-order valence-corrected chi connectivity index (χ3v) is 5.82. The minimum absolute atomic E-state index is 0.0617. The number of hydrogen-bond donors (Lipinski definition) is 2. The van der Waals surface area contributed by atoms with Crippen LogP contribution in [0.25, 0.3) is 0 Å². The third kappa shape index (κ3) is 4.33. The highest BCUT2D eigenvalue weighted by molar-refractivity contribution is 6.05. The molecule has 0 atom stereocenters. The van der Waals surface area contributed by atoms with Crippen LogP contribution in [0.1, 0.15) is 58.3 Å². The molecule has 1 aliphatic carbocycles. The Kier molecular flexibility index (Phi) is 6.10. The summed E-state index contributed by atoms with van der Waals surface area (Å²) in [6.45, 7) is 4.02. The summed E-state index contributed by atoms with van der Waals surface area (Å²) in [5, 5.41) is 2.94. The summed E-state index contributed by atoms with van der Waals surface area (Å²) >= 11 is 0. The summed E-state index contributed by atoms with van der Waals surface area (Å²) in [6.07, 6.45) is 10.7. The maximum Gasteiger partial charge on any atom is 0.235 e. The number of terminal acetylenes is 1. The maximum absolute atomic E-state index is 12.4. The molecule has 0 aromatic heterocycles. The van der Waals surface area contributed by atoms with Gasteiger partial charge in [-0.05, 0) is 37.5 Å². The lowest BCUT2D eigenvalue weighted by Gasteiger charge is -2.41. The molecule has 0 aromatic rings. The average molecular weight is 347 g/mol. The lowest BCUT2D eigenvalue weighted by atomic mass is 9.67. The Morgan fingerprint density at radius 1 is 1.20 bits per heavy atom. The van der Waals surface area contributed by atoms with Gasteiger partial charge >= 0.3 is 0 Å². The van der Waals surface area contributed by atoms with Crippen LogP contribution in [-0.4, -0.2) is 42.3 Å². The molecule has 3 N–H and O–H groups in total. The summed E-state index contributed by atoms with van der Waals surface area (Å²) in [4.78, 5) is 38.0. The van der Waals surface area contributed by atoms with Gasteiger partial charge in [0.05, 0.1) is 0 Å². The van der Waals surface area contributed by atoms with Crippen LogP contribution in [0.15, 0.2) is 0 Å². The van der Waals surface area contributed by atoms with E-state index in [1.165, 1.54) is 0 Å². The maximum atomic E-state index is 12.4. The van der Waals surface area contributed by atoms with Crippen molar-refractivity contribution in [1.29, 1.82) is 0 Å². The summed E-state index contributed by atoms with van der Waals surface area (Å²) in [5.41, 5.74) is 4.36. The molecule has 2 fully saturated rings. The zero-order chi connectivity index (χ0) is 18.5. The molecule has 3 amide bonds. The molecule has 6 nitrogen and oxygen atoms in total. The minimum atomic E-state index is -0.996.